The van der Waals surface area contributed by atoms with Crippen LogP contribution < -0.4 is 10.5 Å². The maximum absolute atomic E-state index is 12.9. The smallest absolute Gasteiger partial charge is 0.270 e. The fourth-order valence-electron chi connectivity index (χ4n) is 4.77. The molecule has 5 rings (SSSR count). The highest BCUT2D eigenvalue weighted by molar-refractivity contribution is 5.77. The molecule has 0 amide bonds. The lowest BCUT2D eigenvalue weighted by atomic mass is 10.0. The standard InChI is InChI=1S/C30H31N7O/c1-21(2)18-25-30(38)35-29(28(33-25)23-6-4-3-5-7-23)24-10-8-22(9-11-24)20-36-14-16-37(17-15-36)27-12-13-32-26(19-31)34-27/h3-13,21H,14-18,20H2,1-2H3,(H,35,38). The summed E-state index contributed by atoms with van der Waals surface area (Å²) in [6.45, 7) is 8.52. The zero-order valence-corrected chi connectivity index (χ0v) is 21.8. The Hall–Kier alpha value is -4.35. The number of hydrogen-bond donors (Lipinski definition) is 1. The first-order chi connectivity index (χ1) is 18.5. The molecule has 1 aliphatic heterocycles. The van der Waals surface area contributed by atoms with Crippen LogP contribution in [0.4, 0.5) is 5.82 Å². The highest BCUT2D eigenvalue weighted by Crippen LogP contribution is 2.29. The molecule has 192 valence electrons. The van der Waals surface area contributed by atoms with Crippen molar-refractivity contribution < 1.29 is 0 Å². The molecule has 0 radical (unpaired) electrons. The molecule has 1 aliphatic rings. The van der Waals surface area contributed by atoms with Crippen LogP contribution in [0.15, 0.2) is 71.7 Å². The van der Waals surface area contributed by atoms with Gasteiger partial charge >= 0.3 is 0 Å². The molecule has 8 nitrogen and oxygen atoms in total. The lowest BCUT2D eigenvalue weighted by molar-refractivity contribution is 0.249. The molecule has 4 aromatic rings. The molecule has 0 bridgehead atoms. The van der Waals surface area contributed by atoms with Gasteiger partial charge in [0, 0.05) is 50.0 Å². The highest BCUT2D eigenvalue weighted by atomic mass is 16.1. The minimum absolute atomic E-state index is 0.124. The molecular formula is C30H31N7O. The van der Waals surface area contributed by atoms with Crippen LogP contribution in [-0.4, -0.2) is 51.0 Å². The second-order valence-electron chi connectivity index (χ2n) is 10.0. The maximum atomic E-state index is 12.9. The van der Waals surface area contributed by atoms with Crippen molar-refractivity contribution in [3.8, 4) is 28.6 Å². The molecule has 8 heteroatoms. The van der Waals surface area contributed by atoms with Crippen LogP contribution in [0.2, 0.25) is 0 Å². The molecule has 0 saturated carbocycles. The minimum atomic E-state index is -0.124. The van der Waals surface area contributed by atoms with E-state index in [-0.39, 0.29) is 11.4 Å². The van der Waals surface area contributed by atoms with Crippen molar-refractivity contribution >= 4 is 5.82 Å². The number of piperazine rings is 1. The Morgan fingerprint density at radius 2 is 1.68 bits per heavy atom. The first-order valence-corrected chi connectivity index (χ1v) is 13.0. The third-order valence-corrected chi connectivity index (χ3v) is 6.72. The monoisotopic (exact) mass is 505 g/mol. The predicted molar refractivity (Wildman–Crippen MR) is 149 cm³/mol. The largest absolute Gasteiger partial charge is 0.354 e. The first-order valence-electron chi connectivity index (χ1n) is 13.0. The Balaban J connectivity index is 1.31. The van der Waals surface area contributed by atoms with E-state index in [4.69, 9.17) is 10.2 Å². The van der Waals surface area contributed by atoms with E-state index >= 15 is 0 Å². The normalized spacial score (nSPS) is 14.0. The van der Waals surface area contributed by atoms with E-state index < -0.39 is 0 Å². The number of nitrogens with zero attached hydrogens (tertiary/aromatic N) is 6. The maximum Gasteiger partial charge on any atom is 0.270 e. The summed E-state index contributed by atoms with van der Waals surface area (Å²) in [5.74, 6) is 1.35. The molecule has 0 aliphatic carbocycles. The molecule has 2 aromatic carbocycles. The molecule has 2 aromatic heterocycles. The molecule has 38 heavy (non-hydrogen) atoms. The summed E-state index contributed by atoms with van der Waals surface area (Å²) in [7, 11) is 0. The summed E-state index contributed by atoms with van der Waals surface area (Å²) in [6, 6.07) is 22.3. The van der Waals surface area contributed by atoms with E-state index in [2.05, 4.69) is 62.9 Å². The Morgan fingerprint density at radius 3 is 2.37 bits per heavy atom. The van der Waals surface area contributed by atoms with Crippen molar-refractivity contribution in [3.63, 3.8) is 0 Å². The van der Waals surface area contributed by atoms with E-state index in [1.807, 2.05) is 42.5 Å². The van der Waals surface area contributed by atoms with Crippen LogP contribution in [0.3, 0.4) is 0 Å². The van der Waals surface area contributed by atoms with Gasteiger partial charge in [0.2, 0.25) is 5.82 Å². The van der Waals surface area contributed by atoms with Gasteiger partial charge in [-0.05, 0) is 24.0 Å². The van der Waals surface area contributed by atoms with Gasteiger partial charge in [0.15, 0.2) is 0 Å². The van der Waals surface area contributed by atoms with Crippen molar-refractivity contribution in [2.45, 2.75) is 26.8 Å². The van der Waals surface area contributed by atoms with Gasteiger partial charge in [0.25, 0.3) is 5.56 Å². The number of nitrogens with one attached hydrogen (secondary N) is 1. The molecule has 1 fully saturated rings. The summed E-state index contributed by atoms with van der Waals surface area (Å²) in [5, 5.41) is 9.07. The zero-order valence-electron chi connectivity index (χ0n) is 21.8. The van der Waals surface area contributed by atoms with Crippen molar-refractivity contribution in [1.82, 2.24) is 24.8 Å². The predicted octanol–water partition coefficient (Wildman–Crippen LogP) is 4.29. The number of nitriles is 1. The quantitative estimate of drug-likeness (QED) is 0.400. The molecular weight excluding hydrogens is 474 g/mol. The lowest BCUT2D eigenvalue weighted by Gasteiger charge is -2.35. The molecule has 0 unspecified atom stereocenters. The summed E-state index contributed by atoms with van der Waals surface area (Å²) in [4.78, 5) is 33.7. The summed E-state index contributed by atoms with van der Waals surface area (Å²) >= 11 is 0. The van der Waals surface area contributed by atoms with Crippen molar-refractivity contribution in [2.24, 2.45) is 5.92 Å². The van der Waals surface area contributed by atoms with Gasteiger partial charge in [0.05, 0.1) is 11.4 Å². The Kier molecular flexibility index (Phi) is 7.57. The third-order valence-electron chi connectivity index (χ3n) is 6.72. The molecule has 3 heterocycles. The van der Waals surface area contributed by atoms with E-state index in [0.29, 0.717) is 18.0 Å². The third kappa shape index (κ3) is 5.79. The topological polar surface area (TPSA) is 102 Å². The number of aromatic amines is 1. The van der Waals surface area contributed by atoms with Crippen LogP contribution in [0.1, 0.15) is 30.9 Å². The van der Waals surface area contributed by atoms with Crippen LogP contribution in [0.5, 0.6) is 0 Å². The van der Waals surface area contributed by atoms with Crippen molar-refractivity contribution in [1.29, 1.82) is 5.26 Å². The fourth-order valence-corrected chi connectivity index (χ4v) is 4.77. The van der Waals surface area contributed by atoms with E-state index in [0.717, 1.165) is 61.1 Å². The first kappa shape index (κ1) is 25.3. The number of anilines is 1. The fraction of sp³-hybridized carbons (Fsp3) is 0.300. The number of H-pyrrole nitrogens is 1. The summed E-state index contributed by atoms with van der Waals surface area (Å²) in [6.07, 6.45) is 2.27. The van der Waals surface area contributed by atoms with E-state index in [1.165, 1.54) is 5.56 Å². The number of hydrogen-bond acceptors (Lipinski definition) is 7. The van der Waals surface area contributed by atoms with Gasteiger partial charge in [-0.1, -0.05) is 68.4 Å². The van der Waals surface area contributed by atoms with Gasteiger partial charge in [0.1, 0.15) is 17.6 Å². The minimum Gasteiger partial charge on any atom is -0.354 e. The van der Waals surface area contributed by atoms with Gasteiger partial charge in [-0.15, -0.1) is 0 Å². The zero-order chi connectivity index (χ0) is 26.5. The number of benzene rings is 2. The molecule has 0 spiro atoms. The molecule has 1 N–H and O–H groups in total. The van der Waals surface area contributed by atoms with Gasteiger partial charge in [-0.3, -0.25) is 9.69 Å². The van der Waals surface area contributed by atoms with Crippen molar-refractivity contribution in [2.75, 3.05) is 31.1 Å². The molecule has 1 saturated heterocycles. The lowest BCUT2D eigenvalue weighted by Crippen LogP contribution is -2.46. The van der Waals surface area contributed by atoms with Crippen LogP contribution in [0.25, 0.3) is 22.5 Å². The van der Waals surface area contributed by atoms with Gasteiger partial charge < -0.3 is 9.88 Å². The average Bonchev–Trinajstić information content (AvgIpc) is 2.95. The Bertz CT molecular complexity index is 1480. The van der Waals surface area contributed by atoms with E-state index in [9.17, 15) is 4.79 Å². The van der Waals surface area contributed by atoms with E-state index in [1.54, 1.807) is 6.20 Å². The van der Waals surface area contributed by atoms with Crippen LogP contribution >= 0.6 is 0 Å². The number of aromatic nitrogens is 4. The van der Waals surface area contributed by atoms with Crippen LogP contribution in [-0.2, 0) is 13.0 Å². The number of rotatable bonds is 7. The van der Waals surface area contributed by atoms with Crippen molar-refractivity contribution in [3.05, 3.63) is 94.3 Å². The van der Waals surface area contributed by atoms with Gasteiger partial charge in [-0.25, -0.2) is 15.0 Å². The van der Waals surface area contributed by atoms with Gasteiger partial charge in [-0.2, -0.15) is 5.26 Å². The summed E-state index contributed by atoms with van der Waals surface area (Å²) in [5.41, 5.74) is 5.13. The Labute approximate surface area is 222 Å². The second-order valence-corrected chi connectivity index (χ2v) is 10.0. The summed E-state index contributed by atoms with van der Waals surface area (Å²) < 4.78 is 0. The highest BCUT2D eigenvalue weighted by Gasteiger charge is 2.19. The SMILES string of the molecule is CC(C)Cc1nc(-c2ccccc2)c(-c2ccc(CN3CCN(c4ccnc(C#N)n4)CC3)cc2)[nH]c1=O. The molecule has 0 atom stereocenters. The second kappa shape index (κ2) is 11.4. The van der Waals surface area contributed by atoms with Crippen LogP contribution in [0, 0.1) is 17.2 Å². The Morgan fingerprint density at radius 1 is 0.947 bits per heavy atom. The average molecular weight is 506 g/mol.